The second-order valence-corrected chi connectivity index (χ2v) is 12.4. The third-order valence-electron chi connectivity index (χ3n) is 9.14. The molecule has 0 radical (unpaired) electrons. The maximum atomic E-state index is 5.33. The predicted molar refractivity (Wildman–Crippen MR) is 218 cm³/mol. The van der Waals surface area contributed by atoms with Crippen molar-refractivity contribution in [3.05, 3.63) is 175 Å². The summed E-state index contributed by atoms with van der Waals surface area (Å²) in [6.45, 7) is 13.4. The maximum absolute atomic E-state index is 5.33. The molecule has 0 saturated heterocycles. The molecule has 0 unspecified atom stereocenters. The van der Waals surface area contributed by atoms with Gasteiger partial charge in [0.25, 0.3) is 0 Å². The molecule has 0 atom stereocenters. The van der Waals surface area contributed by atoms with Crippen LogP contribution in [0.2, 0.25) is 0 Å². The topological polar surface area (TPSA) is 16.1 Å². The van der Waals surface area contributed by atoms with Gasteiger partial charge in [-0.25, -0.2) is 4.98 Å². The zero-order valence-electron chi connectivity index (χ0n) is 29.7. The first-order valence-corrected chi connectivity index (χ1v) is 17.8. The van der Waals surface area contributed by atoms with Crippen molar-refractivity contribution in [1.82, 2.24) is 4.98 Å². The van der Waals surface area contributed by atoms with Crippen LogP contribution in [0.5, 0.6) is 0 Å². The van der Waals surface area contributed by atoms with E-state index in [1.807, 2.05) is 13.8 Å². The molecule has 6 aromatic carbocycles. The Kier molecular flexibility index (Phi) is 11.0. The van der Waals surface area contributed by atoms with Gasteiger partial charge < -0.3 is 4.90 Å². The van der Waals surface area contributed by atoms with Crippen LogP contribution in [-0.2, 0) is 0 Å². The van der Waals surface area contributed by atoms with Gasteiger partial charge in [-0.1, -0.05) is 159 Å². The summed E-state index contributed by atoms with van der Waals surface area (Å²) in [7, 11) is 0. The van der Waals surface area contributed by atoms with E-state index in [-0.39, 0.29) is 0 Å². The second kappa shape index (κ2) is 16.1. The fourth-order valence-electron chi connectivity index (χ4n) is 6.82. The average Bonchev–Trinajstić information content (AvgIpc) is 3.17. The van der Waals surface area contributed by atoms with Crippen molar-refractivity contribution in [2.45, 2.75) is 40.5 Å². The lowest BCUT2D eigenvalue weighted by Gasteiger charge is -2.27. The van der Waals surface area contributed by atoms with Crippen molar-refractivity contribution in [2.24, 2.45) is 0 Å². The van der Waals surface area contributed by atoms with Crippen LogP contribution in [0, 0.1) is 6.92 Å². The highest BCUT2D eigenvalue weighted by molar-refractivity contribution is 6.21. The molecular weight excluding hydrogens is 605 g/mol. The van der Waals surface area contributed by atoms with E-state index in [1.165, 1.54) is 54.9 Å². The molecule has 0 aliphatic rings. The van der Waals surface area contributed by atoms with Crippen LogP contribution < -0.4 is 4.90 Å². The third-order valence-corrected chi connectivity index (χ3v) is 9.14. The van der Waals surface area contributed by atoms with Gasteiger partial charge >= 0.3 is 0 Å². The molecule has 7 aromatic rings. The Morgan fingerprint density at radius 1 is 0.620 bits per heavy atom. The zero-order valence-corrected chi connectivity index (χ0v) is 29.7. The number of pyridine rings is 1. The van der Waals surface area contributed by atoms with Gasteiger partial charge in [-0.2, -0.15) is 0 Å². The van der Waals surface area contributed by atoms with E-state index in [1.54, 1.807) is 0 Å². The van der Waals surface area contributed by atoms with E-state index >= 15 is 0 Å². The van der Waals surface area contributed by atoms with Gasteiger partial charge in [0, 0.05) is 17.8 Å². The van der Waals surface area contributed by atoms with Crippen LogP contribution >= 0.6 is 0 Å². The molecule has 7 rings (SSSR count). The van der Waals surface area contributed by atoms with Gasteiger partial charge in [0.2, 0.25) is 0 Å². The van der Waals surface area contributed by atoms with E-state index in [0.29, 0.717) is 6.54 Å². The molecule has 1 aromatic heterocycles. The molecule has 0 saturated carbocycles. The van der Waals surface area contributed by atoms with Crippen LogP contribution in [0.25, 0.3) is 55.1 Å². The highest BCUT2D eigenvalue weighted by Crippen LogP contribution is 2.44. The van der Waals surface area contributed by atoms with Crippen molar-refractivity contribution in [3.63, 3.8) is 0 Å². The van der Waals surface area contributed by atoms with E-state index in [9.17, 15) is 0 Å². The van der Waals surface area contributed by atoms with E-state index < -0.39 is 0 Å². The van der Waals surface area contributed by atoms with Gasteiger partial charge in [-0.15, -0.1) is 0 Å². The number of rotatable bonds is 10. The van der Waals surface area contributed by atoms with E-state index in [0.717, 1.165) is 35.6 Å². The number of hydrogen-bond donors (Lipinski definition) is 0. The summed E-state index contributed by atoms with van der Waals surface area (Å²) < 4.78 is 0. The molecule has 0 aliphatic carbocycles. The summed E-state index contributed by atoms with van der Waals surface area (Å²) in [6.07, 6.45) is 6.25. The largest absolute Gasteiger partial charge is 0.322 e. The van der Waals surface area contributed by atoms with Gasteiger partial charge in [-0.3, -0.25) is 0 Å². The van der Waals surface area contributed by atoms with Crippen LogP contribution in [-0.4, -0.2) is 11.5 Å². The Hall–Kier alpha value is -5.73. The van der Waals surface area contributed by atoms with Crippen LogP contribution in [0.4, 0.5) is 11.5 Å². The number of para-hydroxylation sites is 1. The number of hydrogen-bond acceptors (Lipinski definition) is 2. The van der Waals surface area contributed by atoms with Crippen molar-refractivity contribution < 1.29 is 0 Å². The number of nitrogens with zero attached hydrogens (tertiary/aromatic N) is 2. The Labute approximate surface area is 298 Å². The van der Waals surface area contributed by atoms with Gasteiger partial charge in [-0.05, 0) is 100 Å². The Morgan fingerprint density at radius 3 is 1.84 bits per heavy atom. The summed E-state index contributed by atoms with van der Waals surface area (Å²) in [5.41, 5.74) is 10.5. The number of anilines is 2. The molecule has 1 heterocycles. The molecule has 2 nitrogen and oxygen atoms in total. The third kappa shape index (κ3) is 7.16. The molecular formula is C48H46N2. The molecule has 2 heteroatoms. The normalized spacial score (nSPS) is 11.0. The summed E-state index contributed by atoms with van der Waals surface area (Å²) >= 11 is 0. The molecule has 248 valence electrons. The second-order valence-electron chi connectivity index (χ2n) is 12.4. The van der Waals surface area contributed by atoms with Crippen LogP contribution in [0.15, 0.2) is 170 Å². The number of fused-ring (bicyclic) bond motifs is 2. The Bertz CT molecular complexity index is 2250. The monoisotopic (exact) mass is 650 g/mol. The van der Waals surface area contributed by atoms with Crippen LogP contribution in [0.1, 0.15) is 39.2 Å². The van der Waals surface area contributed by atoms with E-state index in [2.05, 4.69) is 183 Å². The highest BCUT2D eigenvalue weighted by atomic mass is 15.2. The molecule has 0 bridgehead atoms. The molecule has 0 fully saturated rings. The standard InChI is InChI=1S/C46H40N2.C2H6/c1-4-5-8-18-33(2)32-48(43-27-16-13-19-34(43)3)44-28-17-26-42(47-44)37-29-30-40-41(31-37)46(36-22-11-7-12-23-36)39-25-15-14-24-38(39)45(40)35-20-9-6-10-21-35;1-2/h4-7,9-17,19-31H,2,8,18,32H2,1,3H3;1-2H3/b5-4-;. The SMILES string of the molecule is C=C(CC/C=C\C)CN(c1cccc(-c2ccc3c(-c4ccccc4)c4ccccc4c(-c4ccccc4)c3c2)n1)c1ccccc1C.CC. The van der Waals surface area contributed by atoms with Gasteiger partial charge in [0.1, 0.15) is 5.82 Å². The number of aromatic nitrogens is 1. The molecule has 0 N–H and O–H groups in total. The first-order chi connectivity index (χ1) is 24.6. The van der Waals surface area contributed by atoms with Crippen molar-refractivity contribution in [1.29, 1.82) is 0 Å². The van der Waals surface area contributed by atoms with E-state index in [4.69, 9.17) is 4.98 Å². The zero-order chi connectivity index (χ0) is 34.9. The minimum atomic E-state index is 0.709. The number of benzene rings is 6. The Morgan fingerprint density at radius 2 is 1.20 bits per heavy atom. The lowest BCUT2D eigenvalue weighted by Crippen LogP contribution is -2.22. The average molecular weight is 651 g/mol. The summed E-state index contributed by atoms with van der Waals surface area (Å²) in [6, 6.07) is 52.2. The van der Waals surface area contributed by atoms with Crippen molar-refractivity contribution in [2.75, 3.05) is 11.4 Å². The first-order valence-electron chi connectivity index (χ1n) is 17.8. The fourth-order valence-corrected chi connectivity index (χ4v) is 6.82. The molecule has 0 aliphatic heterocycles. The minimum absolute atomic E-state index is 0.709. The summed E-state index contributed by atoms with van der Waals surface area (Å²) in [5.74, 6) is 0.917. The molecule has 50 heavy (non-hydrogen) atoms. The quantitative estimate of drug-likeness (QED) is 0.108. The lowest BCUT2D eigenvalue weighted by atomic mass is 9.85. The smallest absolute Gasteiger partial charge is 0.133 e. The lowest BCUT2D eigenvalue weighted by molar-refractivity contribution is 0.899. The fraction of sp³-hybridized carbons (Fsp3) is 0.146. The first kappa shape index (κ1) is 34.1. The summed E-state index contributed by atoms with van der Waals surface area (Å²) in [4.78, 5) is 7.65. The summed E-state index contributed by atoms with van der Waals surface area (Å²) in [5, 5.41) is 4.96. The predicted octanol–water partition coefficient (Wildman–Crippen LogP) is 13.8. The van der Waals surface area contributed by atoms with Crippen LogP contribution in [0.3, 0.4) is 0 Å². The highest BCUT2D eigenvalue weighted by Gasteiger charge is 2.19. The number of allylic oxidation sites excluding steroid dienone is 2. The number of aryl methyl sites for hydroxylation is 1. The molecule has 0 amide bonds. The van der Waals surface area contributed by atoms with Crippen molar-refractivity contribution in [3.8, 4) is 33.5 Å². The Balaban J connectivity index is 0.00000212. The van der Waals surface area contributed by atoms with Gasteiger partial charge in [0.15, 0.2) is 0 Å². The maximum Gasteiger partial charge on any atom is 0.133 e. The minimum Gasteiger partial charge on any atom is -0.322 e. The molecule has 0 spiro atoms. The van der Waals surface area contributed by atoms with Gasteiger partial charge in [0.05, 0.1) is 5.69 Å². The van der Waals surface area contributed by atoms with Crippen molar-refractivity contribution >= 4 is 33.1 Å².